The quantitative estimate of drug-likeness (QED) is 0.568. The van der Waals surface area contributed by atoms with E-state index >= 15 is 0 Å². The first-order valence-electron chi connectivity index (χ1n) is 5.45. The van der Waals surface area contributed by atoms with Crippen LogP contribution in [0.5, 0.6) is 5.75 Å². The van der Waals surface area contributed by atoms with Gasteiger partial charge in [0.1, 0.15) is 0 Å². The topological polar surface area (TPSA) is 79.4 Å². The predicted molar refractivity (Wildman–Crippen MR) is 66.2 cm³/mol. The van der Waals surface area contributed by atoms with Gasteiger partial charge in [-0.2, -0.15) is 5.26 Å². The third-order valence-corrected chi connectivity index (χ3v) is 2.50. The molecule has 6 nitrogen and oxygen atoms in total. The van der Waals surface area contributed by atoms with Crippen LogP contribution >= 0.6 is 0 Å². The van der Waals surface area contributed by atoms with Crippen molar-refractivity contribution in [3.05, 3.63) is 33.9 Å². The molecule has 1 aromatic rings. The van der Waals surface area contributed by atoms with E-state index in [-0.39, 0.29) is 11.4 Å². The lowest BCUT2D eigenvalue weighted by Crippen LogP contribution is -2.18. The van der Waals surface area contributed by atoms with Crippen molar-refractivity contribution >= 4 is 5.69 Å². The fourth-order valence-corrected chi connectivity index (χ4v) is 1.61. The van der Waals surface area contributed by atoms with Gasteiger partial charge in [-0.1, -0.05) is 6.07 Å². The van der Waals surface area contributed by atoms with Crippen LogP contribution in [0, 0.1) is 21.4 Å². The Balaban J connectivity index is 2.82. The summed E-state index contributed by atoms with van der Waals surface area (Å²) in [6.07, 6.45) is 0.439. The summed E-state index contributed by atoms with van der Waals surface area (Å²) in [5.74, 6) is 0.253. The Bertz CT molecular complexity index is 468. The molecule has 0 radical (unpaired) electrons. The molecule has 0 N–H and O–H groups in total. The van der Waals surface area contributed by atoms with E-state index in [0.717, 1.165) is 5.56 Å². The maximum atomic E-state index is 10.9. The molecule has 0 atom stereocenters. The fraction of sp³-hybridized carbons (Fsp3) is 0.417. The molecule has 0 aliphatic carbocycles. The minimum atomic E-state index is -0.461. The van der Waals surface area contributed by atoms with Gasteiger partial charge in [0.25, 0.3) is 0 Å². The van der Waals surface area contributed by atoms with Crippen molar-refractivity contribution in [1.29, 1.82) is 5.26 Å². The molecule has 1 rings (SSSR count). The van der Waals surface area contributed by atoms with Crippen molar-refractivity contribution in [2.24, 2.45) is 0 Å². The minimum absolute atomic E-state index is 0.0383. The SMILES string of the molecule is COc1ccc(CN(C)CCC#N)cc1[N+](=O)[O-]. The number of nitriles is 1. The van der Waals surface area contributed by atoms with Gasteiger partial charge in [0.05, 0.1) is 18.1 Å². The highest BCUT2D eigenvalue weighted by molar-refractivity contribution is 5.48. The van der Waals surface area contributed by atoms with Crippen LogP contribution in [-0.2, 0) is 6.54 Å². The molecule has 1 aromatic carbocycles. The van der Waals surface area contributed by atoms with Crippen molar-refractivity contribution in [3.8, 4) is 11.8 Å². The van der Waals surface area contributed by atoms with Crippen molar-refractivity contribution < 1.29 is 9.66 Å². The van der Waals surface area contributed by atoms with E-state index in [0.29, 0.717) is 19.5 Å². The summed E-state index contributed by atoms with van der Waals surface area (Å²) in [6, 6.07) is 6.94. The Morgan fingerprint density at radius 2 is 2.28 bits per heavy atom. The lowest BCUT2D eigenvalue weighted by atomic mass is 10.1. The predicted octanol–water partition coefficient (Wildman–Crippen LogP) is 1.95. The molecular formula is C12H15N3O3. The van der Waals surface area contributed by atoms with Gasteiger partial charge in [-0.25, -0.2) is 0 Å². The molecule has 0 bridgehead atoms. The molecule has 0 saturated carbocycles. The maximum Gasteiger partial charge on any atom is 0.311 e. The van der Waals surface area contributed by atoms with Gasteiger partial charge < -0.3 is 9.64 Å². The Morgan fingerprint density at radius 3 is 2.83 bits per heavy atom. The third kappa shape index (κ3) is 3.71. The van der Waals surface area contributed by atoms with Crippen LogP contribution in [-0.4, -0.2) is 30.5 Å². The zero-order chi connectivity index (χ0) is 13.5. The van der Waals surface area contributed by atoms with Gasteiger partial charge >= 0.3 is 5.69 Å². The summed E-state index contributed by atoms with van der Waals surface area (Å²) in [4.78, 5) is 12.3. The normalized spacial score (nSPS) is 10.1. The fourth-order valence-electron chi connectivity index (χ4n) is 1.61. The summed E-state index contributed by atoms with van der Waals surface area (Å²) >= 11 is 0. The van der Waals surface area contributed by atoms with Crippen LogP contribution < -0.4 is 4.74 Å². The Labute approximate surface area is 106 Å². The molecule has 0 aromatic heterocycles. The summed E-state index contributed by atoms with van der Waals surface area (Å²) in [6.45, 7) is 1.20. The number of benzene rings is 1. The third-order valence-electron chi connectivity index (χ3n) is 2.50. The van der Waals surface area contributed by atoms with Crippen molar-refractivity contribution in [2.45, 2.75) is 13.0 Å². The lowest BCUT2D eigenvalue weighted by Gasteiger charge is -2.14. The summed E-state index contributed by atoms with van der Waals surface area (Å²) < 4.78 is 4.93. The van der Waals surface area contributed by atoms with Crippen molar-refractivity contribution in [3.63, 3.8) is 0 Å². The van der Waals surface area contributed by atoms with Crippen LogP contribution in [0.3, 0.4) is 0 Å². The molecule has 18 heavy (non-hydrogen) atoms. The summed E-state index contributed by atoms with van der Waals surface area (Å²) in [7, 11) is 3.27. The second-order valence-electron chi connectivity index (χ2n) is 3.91. The number of nitrogens with zero attached hydrogens (tertiary/aromatic N) is 3. The zero-order valence-corrected chi connectivity index (χ0v) is 10.4. The average molecular weight is 249 g/mol. The first-order chi connectivity index (χ1) is 8.58. The monoisotopic (exact) mass is 249 g/mol. The van der Waals surface area contributed by atoms with Crippen molar-refractivity contribution in [1.82, 2.24) is 4.90 Å². The Morgan fingerprint density at radius 1 is 1.56 bits per heavy atom. The smallest absolute Gasteiger partial charge is 0.311 e. The molecule has 0 aliphatic heterocycles. The standard InChI is InChI=1S/C12H15N3O3/c1-14(7-3-6-13)9-10-4-5-12(18-2)11(8-10)15(16)17/h4-5,8H,3,7,9H2,1-2H3. The van der Waals surface area contributed by atoms with Gasteiger partial charge in [-0.3, -0.25) is 10.1 Å². The number of hydrogen-bond donors (Lipinski definition) is 0. The zero-order valence-electron chi connectivity index (χ0n) is 10.4. The molecule has 6 heteroatoms. The van der Waals surface area contributed by atoms with Gasteiger partial charge in [0.2, 0.25) is 0 Å². The van der Waals surface area contributed by atoms with E-state index in [2.05, 4.69) is 6.07 Å². The summed E-state index contributed by atoms with van der Waals surface area (Å²) in [5.41, 5.74) is 0.784. The van der Waals surface area contributed by atoms with E-state index in [4.69, 9.17) is 10.00 Å². The van der Waals surface area contributed by atoms with Gasteiger partial charge in [-0.05, 0) is 18.7 Å². The van der Waals surface area contributed by atoms with Crippen molar-refractivity contribution in [2.75, 3.05) is 20.7 Å². The second-order valence-corrected chi connectivity index (χ2v) is 3.91. The lowest BCUT2D eigenvalue weighted by molar-refractivity contribution is -0.385. The molecule has 0 saturated heterocycles. The number of nitro groups is 1. The van der Waals surface area contributed by atoms with E-state index in [1.807, 2.05) is 11.9 Å². The maximum absolute atomic E-state index is 10.9. The first kappa shape index (κ1) is 13.9. The molecular weight excluding hydrogens is 234 g/mol. The highest BCUT2D eigenvalue weighted by atomic mass is 16.6. The second kappa shape index (κ2) is 6.57. The molecule has 0 aliphatic rings. The highest BCUT2D eigenvalue weighted by Crippen LogP contribution is 2.27. The van der Waals surface area contributed by atoms with Gasteiger partial charge in [0, 0.05) is 25.6 Å². The minimum Gasteiger partial charge on any atom is -0.490 e. The Kier molecular flexibility index (Phi) is 5.08. The Hall–Kier alpha value is -2.13. The number of hydrogen-bond acceptors (Lipinski definition) is 5. The number of rotatable bonds is 6. The van der Waals surface area contributed by atoms with Gasteiger partial charge in [-0.15, -0.1) is 0 Å². The van der Waals surface area contributed by atoms with Crippen LogP contribution in [0.15, 0.2) is 18.2 Å². The molecule has 0 spiro atoms. The largest absolute Gasteiger partial charge is 0.490 e. The van der Waals surface area contributed by atoms with Crippen LogP contribution in [0.1, 0.15) is 12.0 Å². The molecule has 0 heterocycles. The highest BCUT2D eigenvalue weighted by Gasteiger charge is 2.15. The number of methoxy groups -OCH3 is 1. The van der Waals surface area contributed by atoms with E-state index in [1.165, 1.54) is 13.2 Å². The number of nitro benzene ring substituents is 1. The van der Waals surface area contributed by atoms with Crippen LogP contribution in [0.4, 0.5) is 5.69 Å². The molecule has 0 amide bonds. The van der Waals surface area contributed by atoms with E-state index in [9.17, 15) is 10.1 Å². The van der Waals surface area contributed by atoms with E-state index in [1.54, 1.807) is 12.1 Å². The van der Waals surface area contributed by atoms with Crippen LogP contribution in [0.2, 0.25) is 0 Å². The van der Waals surface area contributed by atoms with E-state index < -0.39 is 4.92 Å². The first-order valence-corrected chi connectivity index (χ1v) is 5.45. The summed E-state index contributed by atoms with van der Waals surface area (Å²) in [5, 5.41) is 19.3. The number of ether oxygens (including phenoxy) is 1. The van der Waals surface area contributed by atoms with Crippen LogP contribution in [0.25, 0.3) is 0 Å². The average Bonchev–Trinajstić information content (AvgIpc) is 2.36. The van der Waals surface area contributed by atoms with Gasteiger partial charge in [0.15, 0.2) is 5.75 Å². The molecule has 0 unspecified atom stereocenters. The molecule has 0 fully saturated rings. The molecule has 96 valence electrons.